The second-order valence-corrected chi connectivity index (χ2v) is 17.6. The van der Waals surface area contributed by atoms with Crippen LogP contribution < -0.4 is 4.74 Å². The number of ether oxygens (including phenoxy) is 1. The molecule has 9 rings (SSSR count). The number of aromatic nitrogens is 3. The predicted molar refractivity (Wildman–Crippen MR) is 219 cm³/mol. The van der Waals surface area contributed by atoms with Crippen LogP contribution in [0.15, 0.2) is 108 Å². The minimum atomic E-state index is -0.147. The maximum Gasteiger partial charge on any atom is 2.00 e. The van der Waals surface area contributed by atoms with E-state index in [1.807, 2.05) is 54.5 Å². The Morgan fingerprint density at radius 3 is 2.37 bits per heavy atom. The normalized spacial score (nSPS) is 16.6. The number of pyridine rings is 2. The van der Waals surface area contributed by atoms with Gasteiger partial charge >= 0.3 is 21.1 Å². The molecular weight excluding hydrogens is 864 g/mol. The van der Waals surface area contributed by atoms with Gasteiger partial charge in [-0.25, -0.2) is 4.98 Å². The van der Waals surface area contributed by atoms with Crippen LogP contribution in [0.5, 0.6) is 11.5 Å². The Balaban J connectivity index is 0.00000413. The molecule has 2 aliphatic rings. The van der Waals surface area contributed by atoms with E-state index in [0.29, 0.717) is 16.7 Å². The molecule has 0 bridgehead atoms. The summed E-state index contributed by atoms with van der Waals surface area (Å²) in [7, 11) is 0. The van der Waals surface area contributed by atoms with E-state index in [2.05, 4.69) is 126 Å². The van der Waals surface area contributed by atoms with Gasteiger partial charge in [0.05, 0.1) is 17.3 Å². The van der Waals surface area contributed by atoms with Crippen LogP contribution in [0.1, 0.15) is 80.2 Å². The second kappa shape index (κ2) is 13.7. The molecule has 0 unspecified atom stereocenters. The van der Waals surface area contributed by atoms with Crippen LogP contribution in [0, 0.1) is 19.1 Å². The number of aliphatic imine (C=N–C) groups is 1. The molecule has 0 amide bonds. The fraction of sp³-hybridized carbons (Fsp3) is 0.255. The van der Waals surface area contributed by atoms with Crippen molar-refractivity contribution in [1.82, 2.24) is 14.5 Å². The zero-order valence-corrected chi connectivity index (χ0v) is 34.7. The smallest absolute Gasteiger partial charge is 0.503 e. The van der Waals surface area contributed by atoms with Crippen molar-refractivity contribution in [3.05, 3.63) is 149 Å². The van der Waals surface area contributed by atoms with Crippen LogP contribution in [0.2, 0.25) is 0 Å². The fourth-order valence-corrected chi connectivity index (χ4v) is 9.20. The standard InChI is InChI=1S/C47H42N4OS.Pt/c1-28-16-17-42-38(20-28)36-13-11-19-49-44(36)51(42)32-24-31(46(2,3)4)25-34(26-32)52-33-22-29(40-15-8-9-18-48-40)21-30(23-33)45-50-41-27-37-35(43(41)53-45)12-10-14-39(37)47(5,6)7;/h8-22,24-25,41,43H,27H2,1-7H3;/q-2;+2/t41-,43+;/m1./s1. The van der Waals surface area contributed by atoms with Gasteiger partial charge in [0, 0.05) is 45.0 Å². The first-order chi connectivity index (χ1) is 25.4. The van der Waals surface area contributed by atoms with Gasteiger partial charge in [-0.15, -0.1) is 47.2 Å². The van der Waals surface area contributed by atoms with E-state index in [-0.39, 0.29) is 37.9 Å². The van der Waals surface area contributed by atoms with E-state index >= 15 is 0 Å². The largest absolute Gasteiger partial charge is 2.00 e. The molecular formula is C47H42N4OPtS. The topological polar surface area (TPSA) is 52.3 Å². The Kier molecular flexibility index (Phi) is 9.22. The van der Waals surface area contributed by atoms with Crippen molar-refractivity contribution in [2.24, 2.45) is 4.99 Å². The van der Waals surface area contributed by atoms with Gasteiger partial charge < -0.3 is 14.3 Å². The average molecular weight is 906 g/mol. The summed E-state index contributed by atoms with van der Waals surface area (Å²) in [4.78, 5) is 14.9. The van der Waals surface area contributed by atoms with Crippen LogP contribution in [-0.4, -0.2) is 25.6 Å². The molecule has 54 heavy (non-hydrogen) atoms. The van der Waals surface area contributed by atoms with E-state index in [1.54, 1.807) is 0 Å². The summed E-state index contributed by atoms with van der Waals surface area (Å²) in [5, 5.41) is 3.57. The summed E-state index contributed by atoms with van der Waals surface area (Å²) in [6.07, 6.45) is 4.65. The van der Waals surface area contributed by atoms with E-state index in [1.165, 1.54) is 27.6 Å². The summed E-state index contributed by atoms with van der Waals surface area (Å²) >= 11 is 1.85. The Morgan fingerprint density at radius 1 is 0.778 bits per heavy atom. The molecule has 7 heteroatoms. The molecule has 5 nitrogen and oxygen atoms in total. The second-order valence-electron chi connectivity index (χ2n) is 16.4. The van der Waals surface area contributed by atoms with Crippen LogP contribution >= 0.6 is 11.8 Å². The third kappa shape index (κ3) is 6.52. The number of hydrogen-bond donors (Lipinski definition) is 0. The minimum Gasteiger partial charge on any atom is -0.503 e. The number of hydrogen-bond acceptors (Lipinski definition) is 5. The SMILES string of the molecule is Cc1ccc2c(c1)c1cccnc1n2-c1[c-]c(Oc2[c-]c(C3=N[C@@H]4Cc5c(cccc5C(C)(C)C)[C@@H]4S3)cc(-c3ccccn3)c2)cc(C(C)(C)C)c1.[Pt+2]. The van der Waals surface area contributed by atoms with Gasteiger partial charge in [-0.2, -0.15) is 0 Å². The molecule has 1 aliphatic heterocycles. The fourth-order valence-electron chi connectivity index (χ4n) is 7.87. The van der Waals surface area contributed by atoms with Gasteiger partial charge in [-0.05, 0) is 77.3 Å². The molecule has 4 heterocycles. The number of aryl methyl sites for hydroxylation is 1. The number of rotatable bonds is 5. The number of fused-ring (bicyclic) bond motifs is 6. The van der Waals surface area contributed by atoms with Crippen molar-refractivity contribution in [2.45, 2.75) is 77.0 Å². The Hall–Kier alpha value is -4.51. The first-order valence-corrected chi connectivity index (χ1v) is 19.3. The van der Waals surface area contributed by atoms with E-state index in [4.69, 9.17) is 19.7 Å². The quantitative estimate of drug-likeness (QED) is 0.162. The summed E-state index contributed by atoms with van der Waals surface area (Å²) in [6, 6.07) is 39.5. The maximum atomic E-state index is 6.83. The Morgan fingerprint density at radius 2 is 1.59 bits per heavy atom. The van der Waals surface area contributed by atoms with Crippen LogP contribution in [0.4, 0.5) is 0 Å². The third-order valence-electron chi connectivity index (χ3n) is 10.5. The van der Waals surface area contributed by atoms with Crippen molar-refractivity contribution in [3.63, 3.8) is 0 Å². The molecule has 0 fully saturated rings. The first-order valence-electron chi connectivity index (χ1n) is 18.4. The van der Waals surface area contributed by atoms with Crippen LogP contribution in [0.3, 0.4) is 0 Å². The number of nitrogens with zero attached hydrogens (tertiary/aromatic N) is 4. The number of benzene rings is 4. The van der Waals surface area contributed by atoms with Crippen LogP contribution in [-0.2, 0) is 38.3 Å². The first kappa shape index (κ1) is 36.5. The summed E-state index contributed by atoms with van der Waals surface area (Å²) in [5.74, 6) is 1.22. The average Bonchev–Trinajstić information content (AvgIpc) is 3.80. The van der Waals surface area contributed by atoms with Gasteiger partial charge in [-0.1, -0.05) is 101 Å². The zero-order valence-electron chi connectivity index (χ0n) is 31.6. The van der Waals surface area contributed by atoms with Crippen molar-refractivity contribution >= 4 is 38.7 Å². The molecule has 272 valence electrons. The molecule has 0 radical (unpaired) electrons. The molecule has 4 aromatic carbocycles. The van der Waals surface area contributed by atoms with E-state index < -0.39 is 0 Å². The van der Waals surface area contributed by atoms with Gasteiger partial charge in [-0.3, -0.25) is 4.98 Å². The van der Waals surface area contributed by atoms with Crippen molar-refractivity contribution in [3.8, 4) is 28.4 Å². The van der Waals surface area contributed by atoms with Crippen LogP contribution in [0.25, 0.3) is 38.9 Å². The Labute approximate surface area is 336 Å². The Bertz CT molecular complexity index is 2600. The minimum absolute atomic E-state index is 0. The molecule has 0 saturated carbocycles. The van der Waals surface area contributed by atoms with Gasteiger partial charge in [0.2, 0.25) is 0 Å². The molecule has 7 aromatic rings. The molecule has 0 saturated heterocycles. The molecule has 0 spiro atoms. The summed E-state index contributed by atoms with van der Waals surface area (Å²) in [5.41, 5.74) is 12.2. The molecule has 2 atom stereocenters. The zero-order chi connectivity index (χ0) is 36.6. The third-order valence-corrected chi connectivity index (χ3v) is 11.9. The molecule has 1 aliphatic carbocycles. The maximum absolute atomic E-state index is 6.83. The number of thioether (sulfide) groups is 1. The van der Waals surface area contributed by atoms with Gasteiger partial charge in [0.15, 0.2) is 0 Å². The monoisotopic (exact) mass is 905 g/mol. The van der Waals surface area contributed by atoms with E-state index in [9.17, 15) is 0 Å². The van der Waals surface area contributed by atoms with Crippen molar-refractivity contribution in [1.29, 1.82) is 0 Å². The predicted octanol–water partition coefficient (Wildman–Crippen LogP) is 11.7. The molecule has 0 N–H and O–H groups in total. The van der Waals surface area contributed by atoms with Crippen molar-refractivity contribution < 1.29 is 25.8 Å². The molecule has 3 aromatic heterocycles. The van der Waals surface area contributed by atoms with E-state index in [0.717, 1.165) is 56.1 Å². The summed E-state index contributed by atoms with van der Waals surface area (Å²) < 4.78 is 9.03. The summed E-state index contributed by atoms with van der Waals surface area (Å²) in [6.45, 7) is 15.7. The van der Waals surface area contributed by atoms with Crippen molar-refractivity contribution in [2.75, 3.05) is 0 Å². The van der Waals surface area contributed by atoms with Gasteiger partial charge in [0.1, 0.15) is 5.65 Å². The van der Waals surface area contributed by atoms with Gasteiger partial charge in [0.25, 0.3) is 0 Å².